The molecule has 1 amide bonds. The summed E-state index contributed by atoms with van der Waals surface area (Å²) in [6, 6.07) is 3.97. The van der Waals surface area contributed by atoms with Crippen molar-refractivity contribution in [2.75, 3.05) is 13.6 Å². The van der Waals surface area contributed by atoms with Gasteiger partial charge in [0.1, 0.15) is 11.3 Å². The van der Waals surface area contributed by atoms with Crippen molar-refractivity contribution in [2.24, 2.45) is 0 Å². The van der Waals surface area contributed by atoms with Gasteiger partial charge in [0, 0.05) is 37.3 Å². The molecule has 22 heavy (non-hydrogen) atoms. The van der Waals surface area contributed by atoms with Crippen LogP contribution in [0.3, 0.4) is 0 Å². The first-order valence-electron chi connectivity index (χ1n) is 7.14. The lowest BCUT2D eigenvalue weighted by atomic mass is 10.3. The number of pyridine rings is 1. The second kappa shape index (κ2) is 5.88. The van der Waals surface area contributed by atoms with Crippen LogP contribution >= 0.6 is 11.3 Å². The van der Waals surface area contributed by atoms with Crippen molar-refractivity contribution >= 4 is 22.9 Å². The van der Waals surface area contributed by atoms with Gasteiger partial charge in [-0.15, -0.1) is 11.3 Å². The van der Waals surface area contributed by atoms with Gasteiger partial charge in [0.2, 0.25) is 0 Å². The van der Waals surface area contributed by atoms with Crippen molar-refractivity contribution < 1.29 is 4.79 Å². The number of hydrogen-bond donors (Lipinski definition) is 0. The van der Waals surface area contributed by atoms with E-state index in [9.17, 15) is 4.79 Å². The molecule has 0 radical (unpaired) electrons. The third kappa shape index (κ3) is 2.87. The molecule has 0 fully saturated rings. The second-order valence-electron chi connectivity index (χ2n) is 5.43. The van der Waals surface area contributed by atoms with E-state index in [2.05, 4.69) is 9.97 Å². The molecule has 114 valence electrons. The Balaban J connectivity index is 1.72. The summed E-state index contributed by atoms with van der Waals surface area (Å²) in [7, 11) is 1.81. The molecule has 3 aromatic heterocycles. The highest BCUT2D eigenvalue weighted by atomic mass is 32.1. The summed E-state index contributed by atoms with van der Waals surface area (Å²) >= 11 is 1.64. The summed E-state index contributed by atoms with van der Waals surface area (Å²) in [5, 5.41) is 0. The van der Waals surface area contributed by atoms with Crippen LogP contribution in [-0.2, 0) is 6.42 Å². The maximum absolute atomic E-state index is 12.5. The lowest BCUT2D eigenvalue weighted by Crippen LogP contribution is -2.29. The third-order valence-corrected chi connectivity index (χ3v) is 4.70. The maximum atomic E-state index is 12.5. The largest absolute Gasteiger partial charge is 0.340 e. The zero-order valence-corrected chi connectivity index (χ0v) is 13.7. The molecule has 0 unspecified atom stereocenters. The molecule has 0 atom stereocenters. The van der Waals surface area contributed by atoms with Crippen LogP contribution in [0.5, 0.6) is 0 Å². The molecule has 6 heteroatoms. The fourth-order valence-electron chi connectivity index (χ4n) is 2.32. The van der Waals surface area contributed by atoms with Crippen LogP contribution in [0.15, 0.2) is 30.0 Å². The molecule has 0 aliphatic rings. The summed E-state index contributed by atoms with van der Waals surface area (Å²) in [4.78, 5) is 24.1. The Hall–Kier alpha value is -2.21. The maximum Gasteiger partial charge on any atom is 0.273 e. The molecule has 3 rings (SSSR count). The van der Waals surface area contributed by atoms with E-state index >= 15 is 0 Å². The van der Waals surface area contributed by atoms with Gasteiger partial charge in [-0.2, -0.15) is 0 Å². The third-order valence-electron chi connectivity index (χ3n) is 3.70. The minimum atomic E-state index is -0.0523. The molecule has 3 aromatic rings. The van der Waals surface area contributed by atoms with Crippen molar-refractivity contribution in [3.8, 4) is 0 Å². The van der Waals surface area contributed by atoms with Crippen molar-refractivity contribution in [3.05, 3.63) is 51.9 Å². The summed E-state index contributed by atoms with van der Waals surface area (Å²) in [6.45, 7) is 4.67. The monoisotopic (exact) mass is 314 g/mol. The second-order valence-corrected chi connectivity index (χ2v) is 6.37. The first-order chi connectivity index (χ1) is 10.5. The lowest BCUT2D eigenvalue weighted by Gasteiger charge is -2.15. The van der Waals surface area contributed by atoms with E-state index in [0.29, 0.717) is 12.2 Å². The van der Waals surface area contributed by atoms with Crippen LogP contribution < -0.4 is 0 Å². The van der Waals surface area contributed by atoms with Crippen LogP contribution in [0, 0.1) is 13.8 Å². The molecule has 5 nitrogen and oxygen atoms in total. The standard InChI is InChI=1S/C16H18N4OS/c1-11-4-7-20-9-13(18-15(20)8-11)16(21)19(3)6-5-14-12(2)17-10-22-14/h4,7-10H,5-6H2,1-3H3. The highest BCUT2D eigenvalue weighted by Crippen LogP contribution is 2.14. The number of thiazole rings is 1. The van der Waals surface area contributed by atoms with Crippen LogP contribution in [0.4, 0.5) is 0 Å². The quantitative estimate of drug-likeness (QED) is 0.744. The van der Waals surface area contributed by atoms with E-state index in [1.165, 1.54) is 4.88 Å². The highest BCUT2D eigenvalue weighted by molar-refractivity contribution is 7.09. The molecule has 3 heterocycles. The number of likely N-dealkylation sites (N-methyl/N-ethyl adjacent to an activating group) is 1. The Morgan fingerprint density at radius 1 is 1.41 bits per heavy atom. The summed E-state index contributed by atoms with van der Waals surface area (Å²) in [6.07, 6.45) is 4.53. The van der Waals surface area contributed by atoms with Crippen molar-refractivity contribution in [2.45, 2.75) is 20.3 Å². The smallest absolute Gasteiger partial charge is 0.273 e. The van der Waals surface area contributed by atoms with Gasteiger partial charge in [0.25, 0.3) is 5.91 Å². The Morgan fingerprint density at radius 2 is 2.23 bits per heavy atom. The Morgan fingerprint density at radius 3 is 2.95 bits per heavy atom. The molecule has 0 saturated carbocycles. The first-order valence-corrected chi connectivity index (χ1v) is 8.02. The number of carbonyl (C=O) groups is 1. The van der Waals surface area contributed by atoms with Gasteiger partial charge in [-0.1, -0.05) is 0 Å². The molecular formula is C16H18N4OS. The van der Waals surface area contributed by atoms with Crippen LogP contribution in [0.2, 0.25) is 0 Å². The van der Waals surface area contributed by atoms with Crippen molar-refractivity contribution in [1.82, 2.24) is 19.3 Å². The van der Waals surface area contributed by atoms with E-state index in [1.54, 1.807) is 22.4 Å². The van der Waals surface area contributed by atoms with Crippen LogP contribution in [-0.4, -0.2) is 38.8 Å². The zero-order chi connectivity index (χ0) is 15.7. The predicted octanol–water partition coefficient (Wildman–Crippen LogP) is 2.72. The summed E-state index contributed by atoms with van der Waals surface area (Å²) in [5.74, 6) is -0.0523. The number of carbonyl (C=O) groups excluding carboxylic acids is 1. The van der Waals surface area contributed by atoms with E-state index < -0.39 is 0 Å². The van der Waals surface area contributed by atoms with Gasteiger partial charge in [0.15, 0.2) is 0 Å². The predicted molar refractivity (Wildman–Crippen MR) is 87.4 cm³/mol. The first kappa shape index (κ1) is 14.7. The SMILES string of the molecule is Cc1ccn2cc(C(=O)N(C)CCc3scnc3C)nc2c1. The fourth-order valence-corrected chi connectivity index (χ4v) is 3.09. The van der Waals surface area contributed by atoms with Crippen molar-refractivity contribution in [1.29, 1.82) is 0 Å². The molecule has 0 aliphatic carbocycles. The molecule has 0 bridgehead atoms. The highest BCUT2D eigenvalue weighted by Gasteiger charge is 2.16. The molecule has 0 saturated heterocycles. The zero-order valence-electron chi connectivity index (χ0n) is 12.9. The average molecular weight is 314 g/mol. The van der Waals surface area contributed by atoms with Crippen molar-refractivity contribution in [3.63, 3.8) is 0 Å². The van der Waals surface area contributed by atoms with Gasteiger partial charge < -0.3 is 9.30 Å². The number of fused-ring (bicyclic) bond motifs is 1. The molecule has 0 spiro atoms. The van der Waals surface area contributed by atoms with E-state index in [1.807, 2.05) is 49.1 Å². The fraction of sp³-hybridized carbons (Fsp3) is 0.312. The topological polar surface area (TPSA) is 50.5 Å². The Bertz CT molecular complexity index is 821. The number of aromatic nitrogens is 3. The minimum Gasteiger partial charge on any atom is -0.340 e. The normalized spacial score (nSPS) is 11.0. The van der Waals surface area contributed by atoms with E-state index in [-0.39, 0.29) is 5.91 Å². The van der Waals surface area contributed by atoms with Crippen LogP contribution in [0.1, 0.15) is 26.6 Å². The molecule has 0 N–H and O–H groups in total. The average Bonchev–Trinajstić information content (AvgIpc) is 3.09. The van der Waals surface area contributed by atoms with E-state index in [0.717, 1.165) is 23.3 Å². The minimum absolute atomic E-state index is 0.0523. The molecule has 0 aromatic carbocycles. The van der Waals surface area contributed by atoms with Gasteiger partial charge in [-0.25, -0.2) is 9.97 Å². The van der Waals surface area contributed by atoms with E-state index in [4.69, 9.17) is 0 Å². The van der Waals surface area contributed by atoms with Gasteiger partial charge in [0.05, 0.1) is 11.2 Å². The Labute approximate surface area is 133 Å². The molecule has 0 aliphatic heterocycles. The number of amides is 1. The number of rotatable bonds is 4. The lowest BCUT2D eigenvalue weighted by molar-refractivity contribution is 0.0791. The van der Waals surface area contributed by atoms with Crippen LogP contribution in [0.25, 0.3) is 5.65 Å². The van der Waals surface area contributed by atoms with Gasteiger partial charge in [-0.05, 0) is 31.5 Å². The number of nitrogens with zero attached hydrogens (tertiary/aromatic N) is 4. The van der Waals surface area contributed by atoms with Gasteiger partial charge in [-0.3, -0.25) is 4.79 Å². The summed E-state index contributed by atoms with van der Waals surface area (Å²) in [5.41, 5.74) is 5.31. The number of imidazole rings is 1. The molecular weight excluding hydrogens is 296 g/mol. The Kier molecular flexibility index (Phi) is 3.94. The number of hydrogen-bond acceptors (Lipinski definition) is 4. The summed E-state index contributed by atoms with van der Waals surface area (Å²) < 4.78 is 1.88. The number of aryl methyl sites for hydroxylation is 2. The van der Waals surface area contributed by atoms with Gasteiger partial charge >= 0.3 is 0 Å².